The third-order valence-corrected chi connectivity index (χ3v) is 8.12. The van der Waals surface area contributed by atoms with Gasteiger partial charge in [0.05, 0.1) is 0 Å². The predicted octanol–water partition coefficient (Wildman–Crippen LogP) is 5.02. The maximum Gasteiger partial charge on any atom is 0.407 e. The number of amides is 2. The third kappa shape index (κ3) is 5.48. The van der Waals surface area contributed by atoms with Crippen LogP contribution in [0.25, 0.3) is 22.0 Å². The van der Waals surface area contributed by atoms with Crippen molar-refractivity contribution in [2.45, 2.75) is 60.2 Å². The molecule has 0 saturated carbocycles. The van der Waals surface area contributed by atoms with E-state index in [9.17, 15) is 19.5 Å². The molecule has 1 saturated heterocycles. The number of H-pyrrole nitrogens is 1. The molecular formula is C32H38N6O4. The number of nitrogens with one attached hydrogen (secondary N) is 2. The Morgan fingerprint density at radius 1 is 1.10 bits per heavy atom. The first kappa shape index (κ1) is 28.9. The molecule has 10 nitrogen and oxygen atoms in total. The molecule has 3 aromatic heterocycles. The number of aryl methyl sites for hydroxylation is 3. The van der Waals surface area contributed by atoms with Crippen LogP contribution < -0.4 is 15.8 Å². The largest absolute Gasteiger partial charge is 0.465 e. The number of fused-ring (bicyclic) bond motifs is 1. The molecule has 10 heteroatoms. The SMILES string of the molecule is Cc1cc(C)c(CNC(=O)c2cc(-c3ccc(N4CCN(C(=O)O)C[C@H]4C)nc3)cc3c2c(C)cn3C(C)C)c(=O)[nH]1. The van der Waals surface area contributed by atoms with Gasteiger partial charge in [-0.05, 0) is 88.6 Å². The summed E-state index contributed by atoms with van der Waals surface area (Å²) in [4.78, 5) is 48.7. The van der Waals surface area contributed by atoms with Crippen molar-refractivity contribution in [2.24, 2.45) is 0 Å². The van der Waals surface area contributed by atoms with Gasteiger partial charge in [-0.3, -0.25) is 9.59 Å². The van der Waals surface area contributed by atoms with E-state index in [-0.39, 0.29) is 30.1 Å². The number of carboxylic acid groups (broad SMARTS) is 1. The Kier molecular flexibility index (Phi) is 7.81. The number of carbonyl (C=O) groups is 2. The van der Waals surface area contributed by atoms with Gasteiger partial charge in [-0.25, -0.2) is 9.78 Å². The summed E-state index contributed by atoms with van der Waals surface area (Å²) in [5, 5.41) is 13.2. The van der Waals surface area contributed by atoms with Crippen molar-refractivity contribution in [1.82, 2.24) is 24.8 Å². The van der Waals surface area contributed by atoms with Crippen LogP contribution in [0.3, 0.4) is 0 Å². The Hall–Kier alpha value is -4.60. The van der Waals surface area contributed by atoms with Crippen molar-refractivity contribution >= 4 is 28.7 Å². The molecule has 5 rings (SSSR count). The van der Waals surface area contributed by atoms with E-state index in [0.717, 1.165) is 44.7 Å². The van der Waals surface area contributed by atoms with Gasteiger partial charge in [-0.1, -0.05) is 0 Å². The van der Waals surface area contributed by atoms with Crippen LogP contribution in [0.1, 0.15) is 59.6 Å². The lowest BCUT2D eigenvalue weighted by Gasteiger charge is -2.39. The molecule has 1 aliphatic heterocycles. The lowest BCUT2D eigenvalue weighted by molar-refractivity contribution is 0.0952. The molecule has 2 amide bonds. The Labute approximate surface area is 245 Å². The highest BCUT2D eigenvalue weighted by Gasteiger charge is 2.27. The molecule has 4 heterocycles. The van der Waals surface area contributed by atoms with Crippen molar-refractivity contribution in [3.8, 4) is 11.1 Å². The monoisotopic (exact) mass is 570 g/mol. The van der Waals surface area contributed by atoms with E-state index in [0.29, 0.717) is 30.8 Å². The van der Waals surface area contributed by atoms with Gasteiger partial charge in [-0.2, -0.15) is 0 Å². The number of hydrogen-bond acceptors (Lipinski definition) is 5. The summed E-state index contributed by atoms with van der Waals surface area (Å²) in [6.07, 6.45) is 2.98. The molecule has 1 fully saturated rings. The second-order valence-corrected chi connectivity index (χ2v) is 11.5. The average molecular weight is 571 g/mol. The molecule has 0 bridgehead atoms. The zero-order valence-corrected chi connectivity index (χ0v) is 25.0. The van der Waals surface area contributed by atoms with Crippen molar-refractivity contribution < 1.29 is 14.7 Å². The second-order valence-electron chi connectivity index (χ2n) is 11.5. The molecule has 42 heavy (non-hydrogen) atoms. The lowest BCUT2D eigenvalue weighted by Crippen LogP contribution is -2.53. The maximum absolute atomic E-state index is 13.7. The van der Waals surface area contributed by atoms with Gasteiger partial charge in [0.1, 0.15) is 5.82 Å². The minimum Gasteiger partial charge on any atom is -0.465 e. The van der Waals surface area contributed by atoms with E-state index in [1.54, 1.807) is 6.20 Å². The summed E-state index contributed by atoms with van der Waals surface area (Å²) in [6, 6.07) is 10.0. The molecule has 1 aliphatic rings. The van der Waals surface area contributed by atoms with Crippen LogP contribution in [0.15, 0.2) is 47.5 Å². The first-order valence-electron chi connectivity index (χ1n) is 14.3. The molecule has 0 radical (unpaired) electrons. The minimum absolute atomic E-state index is 0.00143. The fourth-order valence-electron chi connectivity index (χ4n) is 5.92. The molecular weight excluding hydrogens is 532 g/mol. The number of anilines is 1. The molecule has 4 aromatic rings. The highest BCUT2D eigenvalue weighted by Crippen LogP contribution is 2.33. The van der Waals surface area contributed by atoms with Crippen LogP contribution in [0.2, 0.25) is 0 Å². The normalized spacial score (nSPS) is 15.5. The third-order valence-electron chi connectivity index (χ3n) is 8.12. The summed E-state index contributed by atoms with van der Waals surface area (Å²) in [5.74, 6) is 0.538. The number of carbonyl (C=O) groups excluding carboxylic acids is 1. The molecule has 0 aliphatic carbocycles. The minimum atomic E-state index is -0.901. The molecule has 0 spiro atoms. The second kappa shape index (κ2) is 11.3. The molecule has 220 valence electrons. The van der Waals surface area contributed by atoms with Gasteiger partial charge in [0.15, 0.2) is 0 Å². The summed E-state index contributed by atoms with van der Waals surface area (Å²) >= 11 is 0. The van der Waals surface area contributed by atoms with E-state index in [1.165, 1.54) is 4.90 Å². The number of nitrogens with zero attached hydrogens (tertiary/aromatic N) is 4. The predicted molar refractivity (Wildman–Crippen MR) is 164 cm³/mol. The van der Waals surface area contributed by atoms with Gasteiger partial charge in [-0.15, -0.1) is 0 Å². The van der Waals surface area contributed by atoms with Gasteiger partial charge >= 0.3 is 6.09 Å². The van der Waals surface area contributed by atoms with Crippen molar-refractivity contribution in [2.75, 3.05) is 24.5 Å². The van der Waals surface area contributed by atoms with Gasteiger partial charge in [0.25, 0.3) is 11.5 Å². The number of piperazine rings is 1. The Morgan fingerprint density at radius 3 is 2.48 bits per heavy atom. The number of benzene rings is 1. The van der Waals surface area contributed by atoms with Crippen LogP contribution in [-0.2, 0) is 6.54 Å². The van der Waals surface area contributed by atoms with Crippen LogP contribution in [0, 0.1) is 20.8 Å². The van der Waals surface area contributed by atoms with Crippen LogP contribution in [0.5, 0.6) is 0 Å². The van der Waals surface area contributed by atoms with Gasteiger partial charge < -0.3 is 29.8 Å². The number of aromatic nitrogens is 3. The van der Waals surface area contributed by atoms with Gasteiger partial charge in [0.2, 0.25) is 0 Å². The molecule has 3 N–H and O–H groups in total. The van der Waals surface area contributed by atoms with Crippen molar-refractivity contribution in [3.63, 3.8) is 0 Å². The van der Waals surface area contributed by atoms with Crippen LogP contribution in [-0.4, -0.2) is 62.2 Å². The molecule has 0 unspecified atom stereocenters. The summed E-state index contributed by atoms with van der Waals surface area (Å²) < 4.78 is 2.17. The van der Waals surface area contributed by atoms with E-state index in [1.807, 2.05) is 52.0 Å². The number of aromatic amines is 1. The highest BCUT2D eigenvalue weighted by molar-refractivity contribution is 6.09. The number of pyridine rings is 2. The van der Waals surface area contributed by atoms with Crippen molar-refractivity contribution in [3.05, 3.63) is 81.0 Å². The van der Waals surface area contributed by atoms with Crippen LogP contribution >= 0.6 is 0 Å². The van der Waals surface area contributed by atoms with E-state index < -0.39 is 6.09 Å². The van der Waals surface area contributed by atoms with Crippen molar-refractivity contribution in [1.29, 1.82) is 0 Å². The molecule has 1 aromatic carbocycles. The first-order valence-corrected chi connectivity index (χ1v) is 14.3. The fourth-order valence-corrected chi connectivity index (χ4v) is 5.92. The standard InChI is InChI=1S/C32H38N6O4/c1-18(2)38-16-20(4)29-25(30(39)34-15-26-19(3)11-21(5)35-31(26)40)12-24(13-27(29)38)23-7-8-28(33-14-23)37-10-9-36(32(41)42)17-22(37)6/h7-8,11-14,16,18,22H,9-10,15,17H2,1-6H3,(H,34,39)(H,35,40)(H,41,42)/t22-/m1/s1. The summed E-state index contributed by atoms with van der Waals surface area (Å²) in [5.41, 5.74) is 6.19. The summed E-state index contributed by atoms with van der Waals surface area (Å²) in [6.45, 7) is 13.5. The van der Waals surface area contributed by atoms with Gasteiger partial charge in [0, 0.05) is 83.9 Å². The topological polar surface area (TPSA) is 124 Å². The Balaban J connectivity index is 1.49. The quantitative estimate of drug-likeness (QED) is 0.299. The smallest absolute Gasteiger partial charge is 0.407 e. The summed E-state index contributed by atoms with van der Waals surface area (Å²) in [7, 11) is 0. The Morgan fingerprint density at radius 2 is 1.86 bits per heavy atom. The Bertz CT molecular complexity index is 1720. The zero-order chi connectivity index (χ0) is 30.3. The van der Waals surface area contributed by atoms with E-state index in [2.05, 4.69) is 45.9 Å². The molecule has 1 atom stereocenters. The first-order chi connectivity index (χ1) is 19.9. The maximum atomic E-state index is 13.7. The fraction of sp³-hybridized carbons (Fsp3) is 0.375. The lowest BCUT2D eigenvalue weighted by atomic mass is 9.98. The number of hydrogen-bond donors (Lipinski definition) is 3. The number of rotatable bonds is 6. The van der Waals surface area contributed by atoms with E-state index in [4.69, 9.17) is 4.98 Å². The highest BCUT2D eigenvalue weighted by atomic mass is 16.4. The average Bonchev–Trinajstić information content (AvgIpc) is 3.28. The zero-order valence-electron chi connectivity index (χ0n) is 25.0. The van der Waals surface area contributed by atoms with E-state index >= 15 is 0 Å². The van der Waals surface area contributed by atoms with Crippen LogP contribution in [0.4, 0.5) is 10.6 Å².